The fourth-order valence-electron chi connectivity index (χ4n) is 2.95. The summed E-state index contributed by atoms with van der Waals surface area (Å²) in [6.45, 7) is 2.63. The number of anilines is 1. The van der Waals surface area contributed by atoms with Gasteiger partial charge in [0.25, 0.3) is 0 Å². The number of piperazine rings is 1. The van der Waals surface area contributed by atoms with Crippen LogP contribution < -0.4 is 15.0 Å². The molecule has 2 aromatic rings. The number of halogens is 2. The van der Waals surface area contributed by atoms with Gasteiger partial charge in [0.1, 0.15) is 18.2 Å². The van der Waals surface area contributed by atoms with Gasteiger partial charge in [0, 0.05) is 25.7 Å². The first-order valence-electron chi connectivity index (χ1n) is 7.95. The molecule has 0 bridgehead atoms. The van der Waals surface area contributed by atoms with Crippen molar-refractivity contribution >= 4 is 17.3 Å². The third-order valence-corrected chi connectivity index (χ3v) is 4.39. The highest BCUT2D eigenvalue weighted by Gasteiger charge is 2.25. The van der Waals surface area contributed by atoms with Crippen molar-refractivity contribution in [1.29, 1.82) is 0 Å². The van der Waals surface area contributed by atoms with Gasteiger partial charge in [-0.1, -0.05) is 23.7 Å². The van der Waals surface area contributed by atoms with Gasteiger partial charge in [0.15, 0.2) is 0 Å². The Balaban J connectivity index is 1.86. The molecule has 24 heavy (non-hydrogen) atoms. The monoisotopic (exact) mass is 350 g/mol. The second-order valence-corrected chi connectivity index (χ2v) is 6.06. The number of rotatable bonds is 5. The summed E-state index contributed by atoms with van der Waals surface area (Å²) >= 11 is 6.46. The lowest BCUT2D eigenvalue weighted by Crippen LogP contribution is -2.46. The van der Waals surface area contributed by atoms with Gasteiger partial charge in [-0.15, -0.1) is 0 Å². The van der Waals surface area contributed by atoms with Gasteiger partial charge in [0.2, 0.25) is 0 Å². The van der Waals surface area contributed by atoms with Gasteiger partial charge < -0.3 is 20.1 Å². The van der Waals surface area contributed by atoms with Crippen LogP contribution in [-0.4, -0.2) is 38.0 Å². The maximum atomic E-state index is 13.2. The van der Waals surface area contributed by atoms with Crippen LogP contribution in [0.4, 0.5) is 10.1 Å². The lowest BCUT2D eigenvalue weighted by Gasteiger charge is -2.38. The van der Waals surface area contributed by atoms with Gasteiger partial charge in [-0.3, -0.25) is 0 Å². The highest BCUT2D eigenvalue weighted by molar-refractivity contribution is 6.33. The van der Waals surface area contributed by atoms with Crippen molar-refractivity contribution in [3.05, 3.63) is 58.9 Å². The molecule has 1 fully saturated rings. The number of hydrogen-bond acceptors (Lipinski definition) is 4. The van der Waals surface area contributed by atoms with Crippen LogP contribution in [0, 0.1) is 5.82 Å². The molecule has 1 atom stereocenters. The van der Waals surface area contributed by atoms with Crippen LogP contribution in [0.15, 0.2) is 42.5 Å². The minimum atomic E-state index is -0.238. The molecule has 0 saturated carbocycles. The van der Waals surface area contributed by atoms with Gasteiger partial charge in [-0.25, -0.2) is 4.39 Å². The van der Waals surface area contributed by atoms with E-state index in [1.165, 1.54) is 12.1 Å². The van der Waals surface area contributed by atoms with E-state index in [-0.39, 0.29) is 25.1 Å². The second kappa shape index (κ2) is 7.83. The maximum absolute atomic E-state index is 13.2. The van der Waals surface area contributed by atoms with Gasteiger partial charge in [0.05, 0.1) is 23.4 Å². The molecule has 0 aromatic heterocycles. The van der Waals surface area contributed by atoms with Crippen LogP contribution in [0.2, 0.25) is 5.02 Å². The van der Waals surface area contributed by atoms with Crippen LogP contribution >= 0.6 is 11.6 Å². The van der Waals surface area contributed by atoms with Crippen molar-refractivity contribution in [3.8, 4) is 5.75 Å². The summed E-state index contributed by atoms with van der Waals surface area (Å²) < 4.78 is 18.6. The zero-order chi connectivity index (χ0) is 16.9. The first-order chi connectivity index (χ1) is 11.7. The molecule has 1 aliphatic rings. The van der Waals surface area contributed by atoms with Gasteiger partial charge >= 0.3 is 0 Å². The van der Waals surface area contributed by atoms with Crippen molar-refractivity contribution in [1.82, 2.24) is 5.32 Å². The number of ether oxygens (including phenoxy) is 1. The Labute approximate surface area is 145 Å². The smallest absolute Gasteiger partial charge is 0.123 e. The Hall–Kier alpha value is -1.82. The molecular weight excluding hydrogens is 331 g/mol. The van der Waals surface area contributed by atoms with E-state index < -0.39 is 0 Å². The molecule has 128 valence electrons. The molecule has 0 aliphatic carbocycles. The van der Waals surface area contributed by atoms with E-state index in [0.717, 1.165) is 30.9 Å². The molecular formula is C18H20ClFN2O2. The lowest BCUT2D eigenvalue weighted by molar-refractivity contribution is 0.201. The van der Waals surface area contributed by atoms with Crippen molar-refractivity contribution in [2.24, 2.45) is 0 Å². The summed E-state index contributed by atoms with van der Waals surface area (Å²) in [5, 5.41) is 12.8. The fourth-order valence-corrected chi connectivity index (χ4v) is 3.23. The molecule has 6 heteroatoms. The minimum absolute atomic E-state index is 0.0379. The average molecular weight is 351 g/mol. The number of hydrogen-bond donors (Lipinski definition) is 2. The van der Waals surface area contributed by atoms with E-state index >= 15 is 0 Å². The Bertz CT molecular complexity index is 681. The summed E-state index contributed by atoms with van der Waals surface area (Å²) in [5.74, 6) is 0.392. The Morgan fingerprint density at radius 3 is 2.75 bits per heavy atom. The average Bonchev–Trinajstić information content (AvgIpc) is 2.61. The molecule has 1 aliphatic heterocycles. The quantitative estimate of drug-likeness (QED) is 0.870. The third-order valence-electron chi connectivity index (χ3n) is 4.09. The SMILES string of the molecule is OCCOc1ccc(N2CCNCC2c2ccc(F)cc2)c(Cl)c1. The zero-order valence-corrected chi connectivity index (χ0v) is 14.0. The largest absolute Gasteiger partial charge is 0.491 e. The van der Waals surface area contributed by atoms with Gasteiger partial charge in [-0.05, 0) is 29.8 Å². The summed E-state index contributed by atoms with van der Waals surface area (Å²) in [5.41, 5.74) is 1.96. The number of aliphatic hydroxyl groups is 1. The summed E-state index contributed by atoms with van der Waals surface area (Å²) in [7, 11) is 0. The molecule has 4 nitrogen and oxygen atoms in total. The third kappa shape index (κ3) is 3.80. The summed E-state index contributed by atoms with van der Waals surface area (Å²) in [6, 6.07) is 12.2. The topological polar surface area (TPSA) is 44.7 Å². The Kier molecular flexibility index (Phi) is 5.56. The Morgan fingerprint density at radius 2 is 2.04 bits per heavy atom. The van der Waals surface area contributed by atoms with Crippen molar-refractivity contribution in [3.63, 3.8) is 0 Å². The van der Waals surface area contributed by atoms with Crippen LogP contribution in [0.1, 0.15) is 11.6 Å². The number of aliphatic hydroxyl groups excluding tert-OH is 1. The number of benzene rings is 2. The number of nitrogens with zero attached hydrogens (tertiary/aromatic N) is 1. The molecule has 2 aromatic carbocycles. The molecule has 0 spiro atoms. The maximum Gasteiger partial charge on any atom is 0.123 e. The van der Waals surface area contributed by atoms with Gasteiger partial charge in [-0.2, -0.15) is 0 Å². The van der Waals surface area contributed by atoms with E-state index in [1.54, 1.807) is 6.07 Å². The predicted octanol–water partition coefficient (Wildman–Crippen LogP) is 3.00. The van der Waals surface area contributed by atoms with E-state index in [4.69, 9.17) is 21.4 Å². The van der Waals surface area contributed by atoms with E-state index in [9.17, 15) is 4.39 Å². The predicted molar refractivity (Wildman–Crippen MR) is 93.4 cm³/mol. The van der Waals surface area contributed by atoms with Crippen molar-refractivity contribution in [2.45, 2.75) is 6.04 Å². The zero-order valence-electron chi connectivity index (χ0n) is 13.2. The molecule has 1 heterocycles. The standard InChI is InChI=1S/C18H20ClFN2O2/c19-16-11-15(24-10-9-23)5-6-17(16)22-8-7-21-12-18(22)13-1-3-14(20)4-2-13/h1-6,11,18,21,23H,7-10,12H2. The highest BCUT2D eigenvalue weighted by atomic mass is 35.5. The number of nitrogens with one attached hydrogen (secondary N) is 1. The molecule has 3 rings (SSSR count). The first kappa shape index (κ1) is 17.0. The first-order valence-corrected chi connectivity index (χ1v) is 8.33. The van der Waals surface area contributed by atoms with E-state index in [0.29, 0.717) is 10.8 Å². The van der Waals surface area contributed by atoms with Crippen LogP contribution in [0.5, 0.6) is 5.75 Å². The van der Waals surface area contributed by atoms with Crippen LogP contribution in [0.25, 0.3) is 0 Å². The molecule has 1 saturated heterocycles. The fraction of sp³-hybridized carbons (Fsp3) is 0.333. The Morgan fingerprint density at radius 1 is 1.25 bits per heavy atom. The molecule has 2 N–H and O–H groups in total. The minimum Gasteiger partial charge on any atom is -0.491 e. The van der Waals surface area contributed by atoms with Crippen molar-refractivity contribution in [2.75, 3.05) is 37.7 Å². The normalized spacial score (nSPS) is 17.8. The van der Waals surface area contributed by atoms with E-state index in [1.807, 2.05) is 24.3 Å². The van der Waals surface area contributed by atoms with E-state index in [2.05, 4.69) is 10.2 Å². The molecule has 0 amide bonds. The lowest BCUT2D eigenvalue weighted by atomic mass is 10.0. The summed E-state index contributed by atoms with van der Waals surface area (Å²) in [6.07, 6.45) is 0. The molecule has 1 unspecified atom stereocenters. The highest BCUT2D eigenvalue weighted by Crippen LogP contribution is 2.35. The van der Waals surface area contributed by atoms with Crippen LogP contribution in [0.3, 0.4) is 0 Å². The summed E-state index contributed by atoms with van der Waals surface area (Å²) in [4.78, 5) is 2.22. The van der Waals surface area contributed by atoms with Crippen molar-refractivity contribution < 1.29 is 14.2 Å². The molecule has 0 radical (unpaired) electrons. The van der Waals surface area contributed by atoms with Crippen LogP contribution in [-0.2, 0) is 0 Å². The second-order valence-electron chi connectivity index (χ2n) is 5.65.